The van der Waals surface area contributed by atoms with Crippen LogP contribution in [-0.2, 0) is 37.1 Å². The predicted molar refractivity (Wildman–Crippen MR) is 274 cm³/mol. The Bertz CT molecular complexity index is 2690. The number of primary amides is 1. The number of nitrogens with one attached hydrogen (secondary N) is 4. The van der Waals surface area contributed by atoms with Crippen LogP contribution in [0.5, 0.6) is 17.2 Å². The highest BCUT2D eigenvalue weighted by molar-refractivity contribution is 6.03. The molecule has 0 spiro atoms. The standard InChI is InChI=1S/C51H65N9O12.CH4/c1-34(49(52)64)11-5-6-19-55-51(66)44-29-38(36(3)58-71-24-8-7-18-54-47(62)33-70-42-15-16-43-35(2)27-48(63)72-46(43)30-42)14-17-45(44)68-23-10-22-60-31-40(57-59-60)32-69-41-13-9-12-39(28-41)50(65)56-21-26-67-25-20-53-37(4)61;/h9,12-17,27-31,34H,5-8,10-11,18-26,32-33H2,1-4H3,(H2,52,64)(H,53,61)(H,54,62)(H,55,66)(H,56,65);1H4/b58-36+;/t34-;/m0./s1. The number of nitrogens with zero attached hydrogens (tertiary/aromatic N) is 4. The number of unbranched alkanes of at least 4 members (excludes halogenated alkanes) is 2. The van der Waals surface area contributed by atoms with E-state index in [1.54, 1.807) is 85.4 Å². The molecular weight excluding hydrogens is 943 g/mol. The zero-order valence-corrected chi connectivity index (χ0v) is 41.3. The number of carbonyl (C=O) groups excluding carboxylic acids is 5. The molecule has 2 heterocycles. The van der Waals surface area contributed by atoms with E-state index in [4.69, 9.17) is 33.9 Å². The van der Waals surface area contributed by atoms with Gasteiger partial charge in [-0.2, -0.15) is 0 Å². The van der Waals surface area contributed by atoms with Gasteiger partial charge in [0.15, 0.2) is 6.61 Å². The van der Waals surface area contributed by atoms with Gasteiger partial charge in [-0.05, 0) is 93.6 Å². The van der Waals surface area contributed by atoms with Crippen molar-refractivity contribution in [1.82, 2.24) is 36.3 Å². The smallest absolute Gasteiger partial charge is 0.336 e. The van der Waals surface area contributed by atoms with Crippen molar-refractivity contribution in [3.05, 3.63) is 111 Å². The minimum Gasteiger partial charge on any atom is -0.493 e. The van der Waals surface area contributed by atoms with Crippen molar-refractivity contribution < 1.29 is 52.2 Å². The number of nitrogens with two attached hydrogens (primary N) is 1. The maximum atomic E-state index is 13.6. The van der Waals surface area contributed by atoms with Crippen molar-refractivity contribution in [2.75, 3.05) is 59.2 Å². The average molecular weight is 1010 g/mol. The number of aryl methyl sites for hydroxylation is 2. The molecule has 73 heavy (non-hydrogen) atoms. The van der Waals surface area contributed by atoms with Gasteiger partial charge in [0.2, 0.25) is 11.8 Å². The third-order valence-corrected chi connectivity index (χ3v) is 11.0. The summed E-state index contributed by atoms with van der Waals surface area (Å²) in [6.07, 6.45) is 5.55. The van der Waals surface area contributed by atoms with Gasteiger partial charge in [0.05, 0.1) is 37.3 Å². The molecule has 0 unspecified atom stereocenters. The summed E-state index contributed by atoms with van der Waals surface area (Å²) >= 11 is 0. The van der Waals surface area contributed by atoms with Gasteiger partial charge in [0.1, 0.15) is 41.7 Å². The van der Waals surface area contributed by atoms with Gasteiger partial charge in [-0.3, -0.25) is 28.7 Å². The lowest BCUT2D eigenvalue weighted by molar-refractivity contribution is -0.123. The van der Waals surface area contributed by atoms with E-state index >= 15 is 0 Å². The lowest BCUT2D eigenvalue weighted by Gasteiger charge is -2.14. The Morgan fingerprint density at radius 1 is 0.767 bits per heavy atom. The van der Waals surface area contributed by atoms with Crippen LogP contribution < -0.4 is 46.8 Å². The highest BCUT2D eigenvalue weighted by atomic mass is 16.6. The molecule has 2 aromatic heterocycles. The largest absolute Gasteiger partial charge is 0.493 e. The van der Waals surface area contributed by atoms with Gasteiger partial charge >= 0.3 is 5.63 Å². The molecule has 0 bridgehead atoms. The van der Waals surface area contributed by atoms with E-state index in [1.807, 2.05) is 6.92 Å². The number of hydrogen-bond acceptors (Lipinski definition) is 15. The predicted octanol–water partition coefficient (Wildman–Crippen LogP) is 5.00. The van der Waals surface area contributed by atoms with Crippen molar-refractivity contribution in [2.24, 2.45) is 16.8 Å². The second kappa shape index (κ2) is 30.8. The summed E-state index contributed by atoms with van der Waals surface area (Å²) in [4.78, 5) is 78.2. The molecule has 5 rings (SSSR count). The second-order valence-corrected chi connectivity index (χ2v) is 16.9. The summed E-state index contributed by atoms with van der Waals surface area (Å²) in [7, 11) is 0. The fourth-order valence-electron chi connectivity index (χ4n) is 6.93. The Hall–Kier alpha value is -7.81. The van der Waals surface area contributed by atoms with E-state index in [0.717, 1.165) is 17.4 Å². The normalized spacial score (nSPS) is 11.5. The van der Waals surface area contributed by atoms with Crippen molar-refractivity contribution in [2.45, 2.75) is 86.8 Å². The lowest BCUT2D eigenvalue weighted by atomic mass is 10.0. The van der Waals surface area contributed by atoms with E-state index in [9.17, 15) is 28.8 Å². The van der Waals surface area contributed by atoms with Gasteiger partial charge in [-0.25, -0.2) is 4.79 Å². The number of carbonyl (C=O) groups is 5. The number of benzene rings is 3. The third-order valence-electron chi connectivity index (χ3n) is 11.0. The van der Waals surface area contributed by atoms with E-state index in [0.29, 0.717) is 136 Å². The second-order valence-electron chi connectivity index (χ2n) is 16.9. The van der Waals surface area contributed by atoms with Gasteiger partial charge < -0.3 is 55.2 Å². The summed E-state index contributed by atoms with van der Waals surface area (Å²) in [6, 6.07) is 18.5. The van der Waals surface area contributed by atoms with Crippen LogP contribution in [0, 0.1) is 12.8 Å². The average Bonchev–Trinajstić information content (AvgIpc) is 3.82. The Kier molecular flexibility index (Phi) is 24.4. The molecule has 0 aliphatic carbocycles. The molecule has 5 amide bonds. The van der Waals surface area contributed by atoms with Crippen LogP contribution in [0.25, 0.3) is 11.0 Å². The van der Waals surface area contributed by atoms with Crippen molar-refractivity contribution in [3.8, 4) is 17.2 Å². The fraction of sp³-hybridized carbons (Fsp3) is 0.442. The third kappa shape index (κ3) is 20.4. The molecule has 3 aromatic carbocycles. The Labute approximate surface area is 424 Å². The van der Waals surface area contributed by atoms with Gasteiger partial charge in [-0.1, -0.05) is 37.2 Å². The zero-order chi connectivity index (χ0) is 51.7. The molecular formula is C52H69N9O12. The maximum absolute atomic E-state index is 13.6. The first kappa shape index (κ1) is 57.8. The molecule has 394 valence electrons. The molecule has 21 nitrogen and oxygen atoms in total. The van der Waals surface area contributed by atoms with E-state index in [1.165, 1.54) is 13.0 Å². The fourth-order valence-corrected chi connectivity index (χ4v) is 6.93. The minimum absolute atomic E-state index is 0. The molecule has 0 saturated heterocycles. The van der Waals surface area contributed by atoms with E-state index < -0.39 is 5.63 Å². The summed E-state index contributed by atoms with van der Waals surface area (Å²) in [5, 5.41) is 24.7. The molecule has 0 saturated carbocycles. The number of hydrogen-bond donors (Lipinski definition) is 5. The number of aromatic nitrogens is 3. The minimum atomic E-state index is -0.454. The molecule has 1 atom stereocenters. The van der Waals surface area contributed by atoms with E-state index in [2.05, 4.69) is 36.7 Å². The van der Waals surface area contributed by atoms with Crippen LogP contribution in [0.4, 0.5) is 0 Å². The Morgan fingerprint density at radius 2 is 1.52 bits per heavy atom. The van der Waals surface area contributed by atoms with Crippen molar-refractivity contribution in [3.63, 3.8) is 0 Å². The first-order chi connectivity index (χ1) is 34.7. The molecule has 6 N–H and O–H groups in total. The molecule has 0 aliphatic heterocycles. The number of amides is 5. The maximum Gasteiger partial charge on any atom is 0.336 e. The van der Waals surface area contributed by atoms with Crippen LogP contribution in [-0.4, -0.2) is 109 Å². The molecule has 0 aliphatic rings. The summed E-state index contributed by atoms with van der Waals surface area (Å²) in [5.41, 5.74) is 8.65. The molecule has 0 radical (unpaired) electrons. The molecule has 21 heteroatoms. The number of fused-ring (bicyclic) bond motifs is 1. The van der Waals surface area contributed by atoms with Gasteiger partial charge in [-0.15, -0.1) is 5.10 Å². The lowest BCUT2D eigenvalue weighted by Crippen LogP contribution is -2.29. The number of oxime groups is 1. The zero-order valence-electron chi connectivity index (χ0n) is 41.3. The Morgan fingerprint density at radius 3 is 2.32 bits per heavy atom. The van der Waals surface area contributed by atoms with Crippen LogP contribution >= 0.6 is 0 Å². The highest BCUT2D eigenvalue weighted by Crippen LogP contribution is 2.24. The topological polar surface area (TPSA) is 279 Å². The summed E-state index contributed by atoms with van der Waals surface area (Å²) < 4.78 is 29.9. The first-order valence-corrected chi connectivity index (χ1v) is 23.9. The van der Waals surface area contributed by atoms with Crippen LogP contribution in [0.3, 0.4) is 0 Å². The van der Waals surface area contributed by atoms with Crippen LogP contribution in [0.2, 0.25) is 0 Å². The quantitative estimate of drug-likeness (QED) is 0.0164. The monoisotopic (exact) mass is 1010 g/mol. The SMILES string of the molecule is C.CC(=O)NCCOCCNC(=O)c1cccc(OCc2cn(CCCOc3ccc(/C(C)=N/OCCCCNC(=O)COc4ccc5c(C)cc(=O)oc5c4)cc3C(=O)NCCCC[C@H](C)C(N)=O)nn2)c1. The van der Waals surface area contributed by atoms with Crippen LogP contribution in [0.1, 0.15) is 104 Å². The van der Waals surface area contributed by atoms with Crippen molar-refractivity contribution in [1.29, 1.82) is 0 Å². The molecule has 5 aromatic rings. The first-order valence-electron chi connectivity index (χ1n) is 23.9. The highest BCUT2D eigenvalue weighted by Gasteiger charge is 2.16. The number of ether oxygens (including phenoxy) is 4. The Balaban J connectivity index is 0.0000116. The summed E-state index contributed by atoms with van der Waals surface area (Å²) in [5.74, 6) is -0.346. The van der Waals surface area contributed by atoms with E-state index in [-0.39, 0.29) is 62.7 Å². The molecule has 0 fully saturated rings. The van der Waals surface area contributed by atoms with Gasteiger partial charge in [0, 0.05) is 80.6 Å². The van der Waals surface area contributed by atoms with Crippen LogP contribution in [0.15, 0.2) is 87.3 Å². The van der Waals surface area contributed by atoms with Gasteiger partial charge in [0.25, 0.3) is 17.7 Å². The van der Waals surface area contributed by atoms with Crippen molar-refractivity contribution >= 4 is 46.2 Å². The summed E-state index contributed by atoms with van der Waals surface area (Å²) in [6.45, 7) is 9.93. The number of rotatable bonds is 32.